The maximum atomic E-state index is 13.2. The van der Waals surface area contributed by atoms with Crippen molar-refractivity contribution >= 4 is 23.3 Å². The van der Waals surface area contributed by atoms with Gasteiger partial charge < -0.3 is 15.1 Å². The van der Waals surface area contributed by atoms with Crippen molar-refractivity contribution in [2.75, 3.05) is 13.1 Å². The van der Waals surface area contributed by atoms with Gasteiger partial charge in [-0.3, -0.25) is 4.79 Å². The Kier molecular flexibility index (Phi) is 8.02. The van der Waals surface area contributed by atoms with Gasteiger partial charge in [-0.25, -0.2) is 4.79 Å². The van der Waals surface area contributed by atoms with Gasteiger partial charge in [0.25, 0.3) is 0 Å². The van der Waals surface area contributed by atoms with Crippen LogP contribution in [0.3, 0.4) is 0 Å². The van der Waals surface area contributed by atoms with Crippen molar-refractivity contribution in [2.24, 2.45) is 0 Å². The normalized spacial score (nSPS) is 11.0. The van der Waals surface area contributed by atoms with E-state index in [9.17, 15) is 9.59 Å². The Balaban J connectivity index is 2.17. The molecule has 0 radical (unpaired) electrons. The van der Waals surface area contributed by atoms with E-state index in [1.807, 2.05) is 51.1 Å². The van der Waals surface area contributed by atoms with Gasteiger partial charge in [0.05, 0.1) is 6.54 Å². The summed E-state index contributed by atoms with van der Waals surface area (Å²) in [5, 5.41) is 2.92. The molecule has 1 aromatic heterocycles. The van der Waals surface area contributed by atoms with E-state index in [0.29, 0.717) is 19.6 Å². The van der Waals surface area contributed by atoms with Crippen molar-refractivity contribution in [3.63, 3.8) is 0 Å². The highest BCUT2D eigenvalue weighted by molar-refractivity contribution is 7.11. The van der Waals surface area contributed by atoms with Gasteiger partial charge >= 0.3 is 6.03 Å². The van der Waals surface area contributed by atoms with Gasteiger partial charge in [0, 0.05) is 28.4 Å². The lowest BCUT2D eigenvalue weighted by Gasteiger charge is -2.30. The van der Waals surface area contributed by atoms with Crippen LogP contribution >= 0.6 is 11.3 Å². The lowest BCUT2D eigenvalue weighted by molar-refractivity contribution is -0.133. The molecule has 1 heterocycles. The Labute approximate surface area is 178 Å². The Morgan fingerprint density at radius 3 is 2.31 bits per heavy atom. The standard InChI is InChI=1S/C23H31N3O2S/c1-6-14-25(22(28)24-23(3,4)5)17-21(27)26(15-19-10-8-7-9-11-19)16-20-13-12-18(2)29-20/h6-13H,1,14-17H2,2-5H3,(H,24,28). The number of carbonyl (C=O) groups excluding carboxylic acids is 2. The molecule has 0 fully saturated rings. The van der Waals surface area contributed by atoms with Gasteiger partial charge in [0.1, 0.15) is 6.54 Å². The van der Waals surface area contributed by atoms with E-state index < -0.39 is 0 Å². The van der Waals surface area contributed by atoms with Gasteiger partial charge in [-0.1, -0.05) is 36.4 Å². The largest absolute Gasteiger partial charge is 0.333 e. The number of nitrogens with one attached hydrogen (secondary N) is 1. The van der Waals surface area contributed by atoms with Crippen LogP contribution in [-0.4, -0.2) is 40.4 Å². The summed E-state index contributed by atoms with van der Waals surface area (Å²) in [6.07, 6.45) is 1.64. The number of urea groups is 1. The zero-order valence-corrected chi connectivity index (χ0v) is 18.6. The molecule has 2 aromatic rings. The van der Waals surface area contributed by atoms with Gasteiger partial charge in [-0.2, -0.15) is 0 Å². The fraction of sp³-hybridized carbons (Fsp3) is 0.391. The first-order chi connectivity index (χ1) is 13.7. The third kappa shape index (κ3) is 7.74. The molecule has 6 heteroatoms. The predicted octanol–water partition coefficient (Wildman–Crippen LogP) is 4.58. The first-order valence-electron chi connectivity index (χ1n) is 9.73. The smallest absolute Gasteiger partial charge is 0.318 e. The second kappa shape index (κ2) is 10.3. The molecule has 0 atom stereocenters. The predicted molar refractivity (Wildman–Crippen MR) is 120 cm³/mol. The molecular formula is C23H31N3O2S. The fourth-order valence-corrected chi connectivity index (χ4v) is 3.74. The molecule has 0 spiro atoms. The first-order valence-corrected chi connectivity index (χ1v) is 10.5. The van der Waals surface area contributed by atoms with Crippen molar-refractivity contribution in [1.29, 1.82) is 0 Å². The quantitative estimate of drug-likeness (QED) is 0.644. The number of hydrogen-bond donors (Lipinski definition) is 1. The topological polar surface area (TPSA) is 52.7 Å². The first kappa shape index (κ1) is 22.7. The molecule has 0 saturated heterocycles. The van der Waals surface area contributed by atoms with Crippen molar-refractivity contribution < 1.29 is 9.59 Å². The Morgan fingerprint density at radius 1 is 1.07 bits per heavy atom. The number of rotatable bonds is 8. The zero-order valence-electron chi connectivity index (χ0n) is 17.8. The molecule has 0 unspecified atom stereocenters. The van der Waals surface area contributed by atoms with Crippen LogP contribution in [0.25, 0.3) is 0 Å². The third-order valence-corrected chi connectivity index (χ3v) is 5.14. The summed E-state index contributed by atoms with van der Waals surface area (Å²) in [7, 11) is 0. The minimum Gasteiger partial charge on any atom is -0.333 e. The number of benzene rings is 1. The van der Waals surface area contributed by atoms with E-state index in [1.54, 1.807) is 22.3 Å². The minimum absolute atomic E-state index is 0.00508. The second-order valence-electron chi connectivity index (χ2n) is 8.10. The summed E-state index contributed by atoms with van der Waals surface area (Å²) in [4.78, 5) is 31.5. The summed E-state index contributed by atoms with van der Waals surface area (Å²) >= 11 is 1.68. The van der Waals surface area contributed by atoms with Crippen molar-refractivity contribution in [1.82, 2.24) is 15.1 Å². The highest BCUT2D eigenvalue weighted by Gasteiger charge is 2.24. The van der Waals surface area contributed by atoms with Crippen LogP contribution in [0.5, 0.6) is 0 Å². The summed E-state index contributed by atoms with van der Waals surface area (Å²) < 4.78 is 0. The van der Waals surface area contributed by atoms with Crippen LogP contribution in [0.1, 0.15) is 36.1 Å². The molecule has 29 heavy (non-hydrogen) atoms. The van der Waals surface area contributed by atoms with Crippen LogP contribution in [-0.2, 0) is 17.9 Å². The molecule has 156 valence electrons. The zero-order chi connectivity index (χ0) is 21.4. The van der Waals surface area contributed by atoms with Gasteiger partial charge in [-0.05, 0) is 45.4 Å². The molecular weight excluding hydrogens is 382 g/mol. The number of carbonyl (C=O) groups is 2. The van der Waals surface area contributed by atoms with Crippen LogP contribution in [0.4, 0.5) is 4.79 Å². The number of hydrogen-bond acceptors (Lipinski definition) is 3. The van der Waals surface area contributed by atoms with Crippen molar-refractivity contribution in [2.45, 2.75) is 46.3 Å². The molecule has 3 amide bonds. The molecule has 0 saturated carbocycles. The van der Waals surface area contributed by atoms with Crippen LogP contribution in [0.2, 0.25) is 0 Å². The molecule has 0 aliphatic rings. The van der Waals surface area contributed by atoms with Crippen LogP contribution < -0.4 is 5.32 Å². The fourth-order valence-electron chi connectivity index (χ4n) is 2.83. The highest BCUT2D eigenvalue weighted by atomic mass is 32.1. The van der Waals surface area contributed by atoms with Crippen molar-refractivity contribution in [3.05, 3.63) is 70.4 Å². The number of amides is 3. The minimum atomic E-state index is -0.377. The van der Waals surface area contributed by atoms with Gasteiger partial charge in [0.15, 0.2) is 0 Å². The van der Waals surface area contributed by atoms with Gasteiger partial charge in [-0.15, -0.1) is 17.9 Å². The number of thiophene rings is 1. The lowest BCUT2D eigenvalue weighted by atomic mass is 10.1. The monoisotopic (exact) mass is 413 g/mol. The summed E-state index contributed by atoms with van der Waals surface area (Å²) in [6.45, 7) is 12.9. The van der Waals surface area contributed by atoms with E-state index in [2.05, 4.69) is 31.0 Å². The molecule has 2 rings (SSSR count). The summed E-state index contributed by atoms with van der Waals surface area (Å²) in [5.41, 5.74) is 0.682. The van der Waals surface area contributed by atoms with E-state index >= 15 is 0 Å². The Hall–Kier alpha value is -2.60. The van der Waals surface area contributed by atoms with Crippen molar-refractivity contribution in [3.8, 4) is 0 Å². The molecule has 1 N–H and O–H groups in total. The Bertz CT molecular complexity index is 824. The highest BCUT2D eigenvalue weighted by Crippen LogP contribution is 2.19. The van der Waals surface area contributed by atoms with E-state index in [4.69, 9.17) is 0 Å². The molecule has 5 nitrogen and oxygen atoms in total. The molecule has 1 aromatic carbocycles. The average molecular weight is 414 g/mol. The lowest BCUT2D eigenvalue weighted by Crippen LogP contribution is -2.51. The SMILES string of the molecule is C=CCN(CC(=O)N(Cc1ccccc1)Cc1ccc(C)s1)C(=O)NC(C)(C)C. The number of nitrogens with zero attached hydrogens (tertiary/aromatic N) is 2. The summed E-state index contributed by atoms with van der Waals surface area (Å²) in [5.74, 6) is -0.0918. The van der Waals surface area contributed by atoms with Crippen LogP contribution in [0, 0.1) is 6.92 Å². The number of aryl methyl sites for hydroxylation is 1. The van der Waals surface area contributed by atoms with E-state index in [0.717, 1.165) is 10.4 Å². The Morgan fingerprint density at radius 2 is 1.76 bits per heavy atom. The maximum Gasteiger partial charge on any atom is 0.318 e. The summed E-state index contributed by atoms with van der Waals surface area (Å²) in [6, 6.07) is 13.8. The average Bonchev–Trinajstić information content (AvgIpc) is 3.05. The molecule has 0 aliphatic heterocycles. The van der Waals surface area contributed by atoms with E-state index in [1.165, 1.54) is 9.78 Å². The third-order valence-electron chi connectivity index (χ3n) is 4.16. The second-order valence-corrected chi connectivity index (χ2v) is 9.47. The maximum absolute atomic E-state index is 13.2. The molecule has 0 bridgehead atoms. The van der Waals surface area contributed by atoms with E-state index in [-0.39, 0.29) is 24.0 Å². The molecule has 0 aliphatic carbocycles. The van der Waals surface area contributed by atoms with Gasteiger partial charge in [0.2, 0.25) is 5.91 Å². The van der Waals surface area contributed by atoms with Crippen LogP contribution in [0.15, 0.2) is 55.1 Å².